The minimum absolute atomic E-state index is 0.0110. The van der Waals surface area contributed by atoms with Crippen LogP contribution in [-0.2, 0) is 9.59 Å². The molecule has 1 fully saturated rings. The number of hydrogen-bond acceptors (Lipinski definition) is 2. The maximum Gasteiger partial charge on any atom is 0.129 e. The van der Waals surface area contributed by atoms with Crippen molar-refractivity contribution >= 4 is 12.1 Å². The molecule has 2 nitrogen and oxygen atoms in total. The standard InChI is InChI=1S/C15H24O2/c1-11-6-5-9-15(3,4)14(10-16)13(11)8-7-12(2)17/h10,13-14H,1,5-9H2,2-4H3. The van der Waals surface area contributed by atoms with Crippen LogP contribution in [0.5, 0.6) is 0 Å². The minimum Gasteiger partial charge on any atom is -0.303 e. The average molecular weight is 236 g/mol. The van der Waals surface area contributed by atoms with Crippen molar-refractivity contribution in [2.75, 3.05) is 0 Å². The SMILES string of the molecule is C=C1CCCC(C)(C)C(C=O)C1CCC(C)=O. The van der Waals surface area contributed by atoms with E-state index in [-0.39, 0.29) is 23.0 Å². The summed E-state index contributed by atoms with van der Waals surface area (Å²) < 4.78 is 0. The summed E-state index contributed by atoms with van der Waals surface area (Å²) in [4.78, 5) is 22.5. The first-order valence-corrected chi connectivity index (χ1v) is 6.51. The Kier molecular flexibility index (Phi) is 4.67. The van der Waals surface area contributed by atoms with E-state index in [1.54, 1.807) is 6.92 Å². The van der Waals surface area contributed by atoms with Crippen LogP contribution in [0.2, 0.25) is 0 Å². The third kappa shape index (κ3) is 3.52. The smallest absolute Gasteiger partial charge is 0.129 e. The number of rotatable bonds is 4. The van der Waals surface area contributed by atoms with E-state index in [1.807, 2.05) is 0 Å². The van der Waals surface area contributed by atoms with Gasteiger partial charge in [0.25, 0.3) is 0 Å². The summed E-state index contributed by atoms with van der Waals surface area (Å²) in [5.74, 6) is 0.398. The van der Waals surface area contributed by atoms with Crippen LogP contribution in [0.15, 0.2) is 12.2 Å². The average Bonchev–Trinajstić information content (AvgIpc) is 2.32. The summed E-state index contributed by atoms with van der Waals surface area (Å²) in [7, 11) is 0. The molecule has 0 spiro atoms. The van der Waals surface area contributed by atoms with Crippen molar-refractivity contribution in [2.45, 2.75) is 52.9 Å². The number of hydrogen-bond donors (Lipinski definition) is 0. The van der Waals surface area contributed by atoms with Gasteiger partial charge in [0.1, 0.15) is 12.1 Å². The topological polar surface area (TPSA) is 34.1 Å². The molecule has 96 valence electrons. The summed E-state index contributed by atoms with van der Waals surface area (Å²) in [6.45, 7) is 10.1. The second-order valence-electron chi connectivity index (χ2n) is 6.01. The highest BCUT2D eigenvalue weighted by molar-refractivity contribution is 5.75. The van der Waals surface area contributed by atoms with Gasteiger partial charge in [0, 0.05) is 12.3 Å². The fraction of sp³-hybridized carbons (Fsp3) is 0.733. The van der Waals surface area contributed by atoms with Crippen molar-refractivity contribution in [3.63, 3.8) is 0 Å². The van der Waals surface area contributed by atoms with Crippen LogP contribution >= 0.6 is 0 Å². The number of allylic oxidation sites excluding steroid dienone is 1. The van der Waals surface area contributed by atoms with E-state index in [4.69, 9.17) is 0 Å². The van der Waals surface area contributed by atoms with E-state index in [1.165, 1.54) is 0 Å². The fourth-order valence-corrected chi connectivity index (χ4v) is 2.94. The monoisotopic (exact) mass is 236 g/mol. The summed E-state index contributed by atoms with van der Waals surface area (Å²) in [5, 5.41) is 0. The number of Topliss-reactive ketones (excluding diaryl/α,β-unsaturated/α-hetero) is 1. The Morgan fingerprint density at radius 2 is 2.18 bits per heavy atom. The molecule has 1 aliphatic rings. The Morgan fingerprint density at radius 1 is 1.53 bits per heavy atom. The molecule has 0 saturated heterocycles. The molecule has 1 saturated carbocycles. The van der Waals surface area contributed by atoms with Gasteiger partial charge in [-0.15, -0.1) is 0 Å². The first kappa shape index (κ1) is 14.1. The second kappa shape index (κ2) is 5.61. The number of carbonyl (C=O) groups is 2. The van der Waals surface area contributed by atoms with Crippen molar-refractivity contribution < 1.29 is 9.59 Å². The summed E-state index contributed by atoms with van der Waals surface area (Å²) in [6, 6.07) is 0. The predicted octanol–water partition coefficient (Wildman–Crippen LogP) is 3.55. The van der Waals surface area contributed by atoms with Gasteiger partial charge < -0.3 is 9.59 Å². The van der Waals surface area contributed by atoms with Crippen LogP contribution in [0.1, 0.15) is 52.9 Å². The summed E-state index contributed by atoms with van der Waals surface area (Å²) in [5.41, 5.74) is 1.19. The summed E-state index contributed by atoms with van der Waals surface area (Å²) >= 11 is 0. The third-order valence-corrected chi connectivity index (χ3v) is 4.13. The van der Waals surface area contributed by atoms with Gasteiger partial charge in [-0.3, -0.25) is 0 Å². The van der Waals surface area contributed by atoms with Crippen LogP contribution in [0.3, 0.4) is 0 Å². The number of carbonyl (C=O) groups excluding carboxylic acids is 2. The van der Waals surface area contributed by atoms with Gasteiger partial charge in [-0.05, 0) is 43.9 Å². The van der Waals surface area contributed by atoms with Crippen molar-refractivity contribution in [3.8, 4) is 0 Å². The Balaban J connectivity index is 2.88. The predicted molar refractivity (Wildman–Crippen MR) is 69.7 cm³/mol. The second-order valence-corrected chi connectivity index (χ2v) is 6.01. The van der Waals surface area contributed by atoms with E-state index in [0.717, 1.165) is 37.5 Å². The van der Waals surface area contributed by atoms with Crippen molar-refractivity contribution in [3.05, 3.63) is 12.2 Å². The van der Waals surface area contributed by atoms with Crippen molar-refractivity contribution in [2.24, 2.45) is 17.3 Å². The molecule has 0 radical (unpaired) electrons. The molecule has 0 aromatic rings. The Bertz CT molecular complexity index is 315. The highest BCUT2D eigenvalue weighted by Crippen LogP contribution is 2.44. The molecule has 2 unspecified atom stereocenters. The van der Waals surface area contributed by atoms with Gasteiger partial charge in [-0.2, -0.15) is 0 Å². The van der Waals surface area contributed by atoms with Gasteiger partial charge in [-0.25, -0.2) is 0 Å². The van der Waals surface area contributed by atoms with Crippen molar-refractivity contribution in [1.82, 2.24) is 0 Å². The lowest BCUT2D eigenvalue weighted by molar-refractivity contribution is -0.119. The number of ketones is 1. The van der Waals surface area contributed by atoms with Gasteiger partial charge in [0.05, 0.1) is 0 Å². The minimum atomic E-state index is 0.0110. The van der Waals surface area contributed by atoms with Crippen LogP contribution in [-0.4, -0.2) is 12.1 Å². The van der Waals surface area contributed by atoms with E-state index in [9.17, 15) is 9.59 Å². The van der Waals surface area contributed by atoms with Gasteiger partial charge in [0.2, 0.25) is 0 Å². The third-order valence-electron chi connectivity index (χ3n) is 4.13. The maximum absolute atomic E-state index is 11.4. The van der Waals surface area contributed by atoms with E-state index < -0.39 is 0 Å². The lowest BCUT2D eigenvalue weighted by Crippen LogP contribution is -2.31. The van der Waals surface area contributed by atoms with Crippen LogP contribution in [0.4, 0.5) is 0 Å². The Labute approximate surface area is 104 Å². The molecule has 0 aliphatic heterocycles. The molecule has 0 aromatic heterocycles. The molecule has 1 aliphatic carbocycles. The number of aldehydes is 1. The molecular weight excluding hydrogens is 212 g/mol. The van der Waals surface area contributed by atoms with Crippen LogP contribution in [0, 0.1) is 17.3 Å². The molecule has 0 heterocycles. The highest BCUT2D eigenvalue weighted by Gasteiger charge is 2.38. The van der Waals surface area contributed by atoms with Gasteiger partial charge in [-0.1, -0.05) is 26.0 Å². The summed E-state index contributed by atoms with van der Waals surface area (Å²) in [6.07, 6.45) is 5.58. The van der Waals surface area contributed by atoms with E-state index in [2.05, 4.69) is 20.4 Å². The zero-order valence-corrected chi connectivity index (χ0v) is 11.3. The molecular formula is C15H24O2. The maximum atomic E-state index is 11.4. The van der Waals surface area contributed by atoms with Gasteiger partial charge in [0.15, 0.2) is 0 Å². The van der Waals surface area contributed by atoms with Crippen molar-refractivity contribution in [1.29, 1.82) is 0 Å². The first-order chi connectivity index (χ1) is 7.88. The van der Waals surface area contributed by atoms with Crippen LogP contribution in [0.25, 0.3) is 0 Å². The molecule has 1 rings (SSSR count). The Hall–Kier alpha value is -0.920. The zero-order chi connectivity index (χ0) is 13.1. The van der Waals surface area contributed by atoms with Crippen LogP contribution < -0.4 is 0 Å². The van der Waals surface area contributed by atoms with E-state index >= 15 is 0 Å². The Morgan fingerprint density at radius 3 is 2.71 bits per heavy atom. The molecule has 2 atom stereocenters. The molecule has 0 aromatic carbocycles. The largest absolute Gasteiger partial charge is 0.303 e. The molecule has 0 N–H and O–H groups in total. The zero-order valence-electron chi connectivity index (χ0n) is 11.3. The normalized spacial score (nSPS) is 28.5. The first-order valence-electron chi connectivity index (χ1n) is 6.51. The molecule has 0 bridgehead atoms. The highest BCUT2D eigenvalue weighted by atomic mass is 16.1. The molecule has 17 heavy (non-hydrogen) atoms. The van der Waals surface area contributed by atoms with Gasteiger partial charge >= 0.3 is 0 Å². The van der Waals surface area contributed by atoms with E-state index in [0.29, 0.717) is 6.42 Å². The fourth-order valence-electron chi connectivity index (χ4n) is 2.94. The molecule has 2 heteroatoms. The lowest BCUT2D eigenvalue weighted by Gasteiger charge is -2.34. The quantitative estimate of drug-likeness (QED) is 0.425. The lowest BCUT2D eigenvalue weighted by atomic mass is 9.69. The molecule has 0 amide bonds.